The zero-order valence-corrected chi connectivity index (χ0v) is 11.3. The van der Waals surface area contributed by atoms with Gasteiger partial charge in [-0.15, -0.1) is 0 Å². The topological polar surface area (TPSA) is 0 Å². The highest BCUT2D eigenvalue weighted by Gasteiger charge is 2.23. The first-order chi connectivity index (χ1) is 7.15. The Hall–Kier alpha value is -0.0100. The first kappa shape index (κ1) is 11.5. The molecule has 1 aliphatic carbocycles. The molecule has 15 heavy (non-hydrogen) atoms. The van der Waals surface area contributed by atoms with Crippen LogP contribution in [-0.2, 0) is 6.42 Å². The molecular weight excluding hydrogens is 271 g/mol. The van der Waals surface area contributed by atoms with Crippen LogP contribution in [0.3, 0.4) is 0 Å². The molecule has 0 heterocycles. The van der Waals surface area contributed by atoms with Gasteiger partial charge in [0.1, 0.15) is 0 Å². The molecule has 1 aromatic carbocycles. The van der Waals surface area contributed by atoms with E-state index in [0.717, 1.165) is 22.2 Å². The van der Waals surface area contributed by atoms with E-state index in [1.165, 1.54) is 30.4 Å². The first-order valence-corrected chi connectivity index (χ1v) is 6.83. The van der Waals surface area contributed by atoms with Gasteiger partial charge >= 0.3 is 0 Å². The number of hydrogen-bond donors (Lipinski definition) is 0. The van der Waals surface area contributed by atoms with Crippen molar-refractivity contribution in [3.05, 3.63) is 34.3 Å². The Morgan fingerprint density at radius 2 is 2.20 bits per heavy atom. The van der Waals surface area contributed by atoms with Crippen LogP contribution in [0.4, 0.5) is 0 Å². The lowest BCUT2D eigenvalue weighted by molar-refractivity contribution is 0.548. The number of aryl methyl sites for hydroxylation is 1. The van der Waals surface area contributed by atoms with Crippen molar-refractivity contribution >= 4 is 27.5 Å². The van der Waals surface area contributed by atoms with Crippen LogP contribution in [0.1, 0.15) is 30.4 Å². The number of alkyl halides is 1. The normalized spacial score (nSPS) is 25.8. The van der Waals surface area contributed by atoms with Gasteiger partial charge in [-0.05, 0) is 55.7 Å². The molecule has 2 unspecified atom stereocenters. The fourth-order valence-electron chi connectivity index (χ4n) is 2.33. The number of hydrogen-bond acceptors (Lipinski definition) is 0. The summed E-state index contributed by atoms with van der Waals surface area (Å²) in [7, 11) is 0. The highest BCUT2D eigenvalue weighted by atomic mass is 79.9. The van der Waals surface area contributed by atoms with Crippen molar-refractivity contribution in [1.29, 1.82) is 0 Å². The molecule has 0 amide bonds. The van der Waals surface area contributed by atoms with Crippen molar-refractivity contribution in [2.45, 2.75) is 37.4 Å². The second-order valence-corrected chi connectivity index (χ2v) is 6.28. The van der Waals surface area contributed by atoms with Crippen molar-refractivity contribution in [1.82, 2.24) is 0 Å². The van der Waals surface area contributed by atoms with E-state index in [-0.39, 0.29) is 0 Å². The van der Waals surface area contributed by atoms with Gasteiger partial charge in [-0.2, -0.15) is 0 Å². The average molecular weight is 288 g/mol. The molecule has 0 nitrogen and oxygen atoms in total. The van der Waals surface area contributed by atoms with Gasteiger partial charge in [-0.25, -0.2) is 0 Å². The number of benzene rings is 1. The number of halogens is 2. The average Bonchev–Trinajstić information content (AvgIpc) is 2.56. The van der Waals surface area contributed by atoms with Gasteiger partial charge in [0.2, 0.25) is 0 Å². The van der Waals surface area contributed by atoms with Crippen molar-refractivity contribution < 1.29 is 0 Å². The minimum Gasteiger partial charge on any atom is -0.0891 e. The molecule has 2 rings (SSSR count). The molecule has 1 saturated carbocycles. The van der Waals surface area contributed by atoms with Crippen molar-refractivity contribution in [3.63, 3.8) is 0 Å². The molecule has 0 radical (unpaired) electrons. The smallest absolute Gasteiger partial charge is 0.0440 e. The quantitative estimate of drug-likeness (QED) is 0.688. The lowest BCUT2D eigenvalue weighted by Gasteiger charge is -2.11. The molecular formula is C13H16BrCl. The minimum atomic E-state index is 0.728. The summed E-state index contributed by atoms with van der Waals surface area (Å²) in [6, 6.07) is 6.40. The van der Waals surface area contributed by atoms with Gasteiger partial charge in [0.15, 0.2) is 0 Å². The monoisotopic (exact) mass is 286 g/mol. The van der Waals surface area contributed by atoms with Crippen molar-refractivity contribution in [2.75, 3.05) is 0 Å². The van der Waals surface area contributed by atoms with Crippen LogP contribution < -0.4 is 0 Å². The zero-order valence-electron chi connectivity index (χ0n) is 8.97. The van der Waals surface area contributed by atoms with Crippen LogP contribution in [0.5, 0.6) is 0 Å². The summed E-state index contributed by atoms with van der Waals surface area (Å²) in [6.45, 7) is 2.08. The highest BCUT2D eigenvalue weighted by molar-refractivity contribution is 9.09. The van der Waals surface area contributed by atoms with Gasteiger partial charge in [-0.3, -0.25) is 0 Å². The Bertz CT molecular complexity index is 348. The van der Waals surface area contributed by atoms with Gasteiger partial charge in [0, 0.05) is 9.85 Å². The summed E-state index contributed by atoms with van der Waals surface area (Å²) in [5.41, 5.74) is 2.56. The summed E-state index contributed by atoms with van der Waals surface area (Å²) in [4.78, 5) is 0.728. The van der Waals surface area contributed by atoms with E-state index in [9.17, 15) is 0 Å². The first-order valence-electron chi connectivity index (χ1n) is 5.54. The van der Waals surface area contributed by atoms with E-state index in [1.54, 1.807) is 0 Å². The molecule has 0 aromatic heterocycles. The maximum atomic E-state index is 6.23. The lowest BCUT2D eigenvalue weighted by Crippen LogP contribution is -2.01. The number of rotatable bonds is 2. The van der Waals surface area contributed by atoms with Crippen molar-refractivity contribution in [3.8, 4) is 0 Å². The SMILES string of the molecule is Cc1ccc(CC2CCC(Br)C2)c(Cl)c1. The van der Waals surface area contributed by atoms with Crippen molar-refractivity contribution in [2.24, 2.45) is 5.92 Å². The van der Waals surface area contributed by atoms with Crippen LogP contribution in [-0.4, -0.2) is 4.83 Å². The second-order valence-electron chi connectivity index (χ2n) is 4.58. The van der Waals surface area contributed by atoms with Crippen LogP contribution in [0.25, 0.3) is 0 Å². The van der Waals surface area contributed by atoms with Crippen LogP contribution >= 0.6 is 27.5 Å². The maximum absolute atomic E-state index is 6.23. The van der Waals surface area contributed by atoms with E-state index in [0.29, 0.717) is 0 Å². The van der Waals surface area contributed by atoms with Crippen LogP contribution in [0.15, 0.2) is 18.2 Å². The zero-order chi connectivity index (χ0) is 10.8. The summed E-state index contributed by atoms with van der Waals surface area (Å²) < 4.78 is 0. The highest BCUT2D eigenvalue weighted by Crippen LogP contribution is 2.34. The Labute approximate surface area is 105 Å². The van der Waals surface area contributed by atoms with Gasteiger partial charge < -0.3 is 0 Å². The summed E-state index contributed by atoms with van der Waals surface area (Å²) in [6.07, 6.45) is 5.08. The molecule has 2 atom stereocenters. The van der Waals surface area contributed by atoms with Crippen LogP contribution in [0, 0.1) is 12.8 Å². The van der Waals surface area contributed by atoms with Gasteiger partial charge in [0.05, 0.1) is 0 Å². The summed E-state index contributed by atoms with van der Waals surface area (Å²) >= 11 is 9.92. The lowest BCUT2D eigenvalue weighted by atomic mass is 9.97. The third-order valence-corrected chi connectivity index (χ3v) is 4.38. The molecule has 0 spiro atoms. The fourth-order valence-corrected chi connectivity index (χ4v) is 3.43. The third kappa shape index (κ3) is 2.98. The molecule has 0 bridgehead atoms. The molecule has 2 heteroatoms. The summed E-state index contributed by atoms with van der Waals surface area (Å²) in [5, 5.41) is 0.938. The second kappa shape index (κ2) is 4.88. The van der Waals surface area contributed by atoms with E-state index in [1.807, 2.05) is 0 Å². The predicted molar refractivity (Wildman–Crippen MR) is 69.9 cm³/mol. The fraction of sp³-hybridized carbons (Fsp3) is 0.538. The molecule has 1 fully saturated rings. The Balaban J connectivity index is 2.04. The predicted octanol–water partition coefficient (Wildman–Crippen LogP) is 4.75. The van der Waals surface area contributed by atoms with E-state index >= 15 is 0 Å². The van der Waals surface area contributed by atoms with E-state index in [4.69, 9.17) is 11.6 Å². The Morgan fingerprint density at radius 1 is 1.40 bits per heavy atom. The van der Waals surface area contributed by atoms with E-state index < -0.39 is 0 Å². The largest absolute Gasteiger partial charge is 0.0891 e. The molecule has 0 aliphatic heterocycles. The Morgan fingerprint density at radius 3 is 2.80 bits per heavy atom. The minimum absolute atomic E-state index is 0.728. The molecule has 82 valence electrons. The molecule has 1 aromatic rings. The molecule has 0 saturated heterocycles. The summed E-state index contributed by atoms with van der Waals surface area (Å²) in [5.74, 6) is 0.814. The van der Waals surface area contributed by atoms with Gasteiger partial charge in [-0.1, -0.05) is 39.7 Å². The molecule has 0 N–H and O–H groups in total. The van der Waals surface area contributed by atoms with Crippen LogP contribution in [0.2, 0.25) is 5.02 Å². The van der Waals surface area contributed by atoms with E-state index in [2.05, 4.69) is 41.1 Å². The third-order valence-electron chi connectivity index (χ3n) is 3.19. The van der Waals surface area contributed by atoms with Gasteiger partial charge in [0.25, 0.3) is 0 Å². The molecule has 1 aliphatic rings. The Kier molecular flexibility index (Phi) is 3.73. The standard InChI is InChI=1S/C13H16BrCl/c1-9-2-4-11(13(15)6-9)7-10-3-5-12(14)8-10/h2,4,6,10,12H,3,5,7-8H2,1H3. The maximum Gasteiger partial charge on any atom is 0.0440 e.